The standard InChI is InChI=1S/C15H13ClN2O3/c1-18(11-5-3-2-4-6-11)15(21)17-13-9-10(14(19)20)7-8-12(13)16/h2-9H,1H3,(H,17,21)(H,19,20). The Morgan fingerprint density at radius 3 is 2.43 bits per heavy atom. The normalized spacial score (nSPS) is 10.0. The Morgan fingerprint density at radius 2 is 1.81 bits per heavy atom. The SMILES string of the molecule is CN(C(=O)Nc1cc(C(=O)O)ccc1Cl)c1ccccc1. The molecule has 2 aromatic rings. The number of halogens is 1. The van der Waals surface area contributed by atoms with Crippen molar-refractivity contribution in [1.29, 1.82) is 0 Å². The third-order valence-corrected chi connectivity index (χ3v) is 3.23. The van der Waals surface area contributed by atoms with Gasteiger partial charge in [0.05, 0.1) is 16.3 Å². The molecule has 0 aliphatic heterocycles. The Labute approximate surface area is 126 Å². The highest BCUT2D eigenvalue weighted by molar-refractivity contribution is 6.34. The zero-order chi connectivity index (χ0) is 15.4. The molecule has 0 aliphatic rings. The summed E-state index contributed by atoms with van der Waals surface area (Å²) < 4.78 is 0. The number of nitrogens with zero attached hydrogens (tertiary/aromatic N) is 1. The number of para-hydroxylation sites is 1. The number of anilines is 2. The van der Waals surface area contributed by atoms with E-state index in [1.165, 1.54) is 23.1 Å². The largest absolute Gasteiger partial charge is 0.478 e. The number of carboxylic acids is 1. The lowest BCUT2D eigenvalue weighted by atomic mass is 10.2. The van der Waals surface area contributed by atoms with Crippen LogP contribution in [0.2, 0.25) is 5.02 Å². The Bertz CT molecular complexity index is 674. The summed E-state index contributed by atoms with van der Waals surface area (Å²) >= 11 is 5.97. The number of carboxylic acid groups (broad SMARTS) is 1. The fourth-order valence-electron chi connectivity index (χ4n) is 1.72. The lowest BCUT2D eigenvalue weighted by Crippen LogP contribution is -2.31. The third-order valence-electron chi connectivity index (χ3n) is 2.90. The van der Waals surface area contributed by atoms with Crippen LogP contribution in [0, 0.1) is 0 Å². The summed E-state index contributed by atoms with van der Waals surface area (Å²) in [7, 11) is 1.61. The quantitative estimate of drug-likeness (QED) is 0.908. The molecule has 0 saturated carbocycles. The Morgan fingerprint density at radius 1 is 1.14 bits per heavy atom. The molecule has 0 aliphatic carbocycles. The average molecular weight is 305 g/mol. The molecule has 21 heavy (non-hydrogen) atoms. The molecule has 2 amide bonds. The fraction of sp³-hybridized carbons (Fsp3) is 0.0667. The Hall–Kier alpha value is -2.53. The first kappa shape index (κ1) is 14.9. The lowest BCUT2D eigenvalue weighted by molar-refractivity contribution is 0.0697. The number of carbonyl (C=O) groups is 2. The highest BCUT2D eigenvalue weighted by Gasteiger charge is 2.14. The van der Waals surface area contributed by atoms with Crippen molar-refractivity contribution in [2.45, 2.75) is 0 Å². The van der Waals surface area contributed by atoms with Crippen molar-refractivity contribution in [2.24, 2.45) is 0 Å². The van der Waals surface area contributed by atoms with Crippen molar-refractivity contribution < 1.29 is 14.7 Å². The molecule has 2 N–H and O–H groups in total. The van der Waals surface area contributed by atoms with Crippen molar-refractivity contribution in [1.82, 2.24) is 0 Å². The van der Waals surface area contributed by atoms with Crippen LogP contribution in [-0.4, -0.2) is 24.2 Å². The van der Waals surface area contributed by atoms with Crippen LogP contribution >= 0.6 is 11.6 Å². The van der Waals surface area contributed by atoms with E-state index in [-0.39, 0.29) is 16.3 Å². The van der Waals surface area contributed by atoms with Crippen LogP contribution in [-0.2, 0) is 0 Å². The molecule has 0 bridgehead atoms. The number of hydrogen-bond acceptors (Lipinski definition) is 2. The predicted molar refractivity (Wildman–Crippen MR) is 82.3 cm³/mol. The minimum absolute atomic E-state index is 0.0528. The molecule has 2 aromatic carbocycles. The molecule has 0 radical (unpaired) electrons. The van der Waals surface area contributed by atoms with Gasteiger partial charge >= 0.3 is 12.0 Å². The first-order valence-electron chi connectivity index (χ1n) is 6.11. The van der Waals surface area contributed by atoms with E-state index in [4.69, 9.17) is 16.7 Å². The molecule has 0 unspecified atom stereocenters. The number of amides is 2. The van der Waals surface area contributed by atoms with Gasteiger partial charge in [0.2, 0.25) is 0 Å². The van der Waals surface area contributed by atoms with Gasteiger partial charge in [0.15, 0.2) is 0 Å². The maximum Gasteiger partial charge on any atom is 0.335 e. The number of nitrogens with one attached hydrogen (secondary N) is 1. The van der Waals surface area contributed by atoms with Gasteiger partial charge in [-0.1, -0.05) is 29.8 Å². The minimum atomic E-state index is -1.08. The van der Waals surface area contributed by atoms with Gasteiger partial charge in [0.25, 0.3) is 0 Å². The van der Waals surface area contributed by atoms with Crippen LogP contribution in [0.15, 0.2) is 48.5 Å². The van der Waals surface area contributed by atoms with Crippen LogP contribution in [0.25, 0.3) is 0 Å². The molecule has 0 aromatic heterocycles. The van der Waals surface area contributed by atoms with Crippen LogP contribution < -0.4 is 10.2 Å². The van der Waals surface area contributed by atoms with Gasteiger partial charge in [-0.25, -0.2) is 9.59 Å². The topological polar surface area (TPSA) is 69.6 Å². The molecular formula is C15H13ClN2O3. The van der Waals surface area contributed by atoms with Gasteiger partial charge in [-0.2, -0.15) is 0 Å². The van der Waals surface area contributed by atoms with Crippen molar-refractivity contribution in [3.05, 3.63) is 59.1 Å². The van der Waals surface area contributed by atoms with E-state index in [1.807, 2.05) is 18.2 Å². The summed E-state index contributed by atoms with van der Waals surface area (Å²) in [5, 5.41) is 11.8. The smallest absolute Gasteiger partial charge is 0.335 e. The van der Waals surface area contributed by atoms with E-state index in [0.717, 1.165) is 0 Å². The molecule has 5 nitrogen and oxygen atoms in total. The van der Waals surface area contributed by atoms with Crippen LogP contribution in [0.3, 0.4) is 0 Å². The zero-order valence-corrected chi connectivity index (χ0v) is 12.0. The van der Waals surface area contributed by atoms with Crippen LogP contribution in [0.5, 0.6) is 0 Å². The van der Waals surface area contributed by atoms with Gasteiger partial charge in [-0.15, -0.1) is 0 Å². The van der Waals surface area contributed by atoms with Gasteiger partial charge in [-0.3, -0.25) is 4.90 Å². The predicted octanol–water partition coefficient (Wildman–Crippen LogP) is 3.71. The molecule has 6 heteroatoms. The lowest BCUT2D eigenvalue weighted by Gasteiger charge is -2.18. The van der Waals surface area contributed by atoms with Crippen molar-refractivity contribution in [3.63, 3.8) is 0 Å². The van der Waals surface area contributed by atoms with Gasteiger partial charge in [-0.05, 0) is 30.3 Å². The van der Waals surface area contributed by atoms with Crippen molar-refractivity contribution >= 4 is 35.0 Å². The monoisotopic (exact) mass is 304 g/mol. The third kappa shape index (κ3) is 3.52. The van der Waals surface area contributed by atoms with E-state index in [0.29, 0.717) is 5.69 Å². The molecule has 2 rings (SSSR count). The minimum Gasteiger partial charge on any atom is -0.478 e. The summed E-state index contributed by atoms with van der Waals surface area (Å²) in [5.74, 6) is -1.08. The van der Waals surface area contributed by atoms with E-state index in [1.54, 1.807) is 19.2 Å². The molecule has 0 saturated heterocycles. The summed E-state index contributed by atoms with van der Waals surface area (Å²) in [5.41, 5.74) is 1.02. The second kappa shape index (κ2) is 6.28. The fourth-order valence-corrected chi connectivity index (χ4v) is 1.89. The maximum absolute atomic E-state index is 12.2. The van der Waals surface area contributed by atoms with Gasteiger partial charge < -0.3 is 10.4 Å². The summed E-state index contributed by atoms with van der Waals surface area (Å²) in [6, 6.07) is 12.8. The zero-order valence-electron chi connectivity index (χ0n) is 11.2. The van der Waals surface area contributed by atoms with Crippen molar-refractivity contribution in [3.8, 4) is 0 Å². The molecule has 0 fully saturated rings. The number of hydrogen-bond donors (Lipinski definition) is 2. The molecule has 0 spiro atoms. The number of benzene rings is 2. The Kier molecular flexibility index (Phi) is 4.45. The number of aromatic carboxylic acids is 1. The number of rotatable bonds is 3. The van der Waals surface area contributed by atoms with Crippen LogP contribution in [0.1, 0.15) is 10.4 Å². The van der Waals surface area contributed by atoms with Gasteiger partial charge in [0, 0.05) is 12.7 Å². The van der Waals surface area contributed by atoms with E-state index in [9.17, 15) is 9.59 Å². The summed E-state index contributed by atoms with van der Waals surface area (Å²) in [6.45, 7) is 0. The van der Waals surface area contributed by atoms with Crippen molar-refractivity contribution in [2.75, 3.05) is 17.3 Å². The highest BCUT2D eigenvalue weighted by Crippen LogP contribution is 2.24. The maximum atomic E-state index is 12.2. The van der Waals surface area contributed by atoms with E-state index >= 15 is 0 Å². The van der Waals surface area contributed by atoms with E-state index < -0.39 is 12.0 Å². The van der Waals surface area contributed by atoms with Gasteiger partial charge in [0.1, 0.15) is 0 Å². The molecular weight excluding hydrogens is 292 g/mol. The Balaban J connectivity index is 2.20. The number of urea groups is 1. The highest BCUT2D eigenvalue weighted by atomic mass is 35.5. The second-order valence-electron chi connectivity index (χ2n) is 4.32. The molecule has 0 heterocycles. The average Bonchev–Trinajstić information content (AvgIpc) is 2.49. The number of carbonyl (C=O) groups excluding carboxylic acids is 1. The summed E-state index contributed by atoms with van der Waals surface area (Å²) in [6.07, 6.45) is 0. The first-order chi connectivity index (χ1) is 9.99. The second-order valence-corrected chi connectivity index (χ2v) is 4.73. The van der Waals surface area contributed by atoms with E-state index in [2.05, 4.69) is 5.32 Å². The molecule has 108 valence electrons. The first-order valence-corrected chi connectivity index (χ1v) is 6.49. The molecule has 0 atom stereocenters. The summed E-state index contributed by atoms with van der Waals surface area (Å²) in [4.78, 5) is 24.5. The van der Waals surface area contributed by atoms with Crippen LogP contribution in [0.4, 0.5) is 16.2 Å².